The highest BCUT2D eigenvalue weighted by Gasteiger charge is 2.30. The summed E-state index contributed by atoms with van der Waals surface area (Å²) in [5, 5.41) is 2.58. The topological polar surface area (TPSA) is 163 Å². The third-order valence-corrected chi connectivity index (χ3v) is 8.47. The molecule has 0 bridgehead atoms. The number of sulfonamides is 1. The molecule has 2 N–H and O–H groups in total. The van der Waals surface area contributed by atoms with Crippen molar-refractivity contribution >= 4 is 33.6 Å². The van der Waals surface area contributed by atoms with Crippen molar-refractivity contribution in [2.24, 2.45) is 0 Å². The molecule has 0 atom stereocenters. The van der Waals surface area contributed by atoms with E-state index in [4.69, 9.17) is 23.7 Å². The van der Waals surface area contributed by atoms with Gasteiger partial charge in [-0.2, -0.15) is 9.97 Å². The summed E-state index contributed by atoms with van der Waals surface area (Å²) in [6.45, 7) is 7.26. The maximum absolute atomic E-state index is 14.1. The number of nitrogens with zero attached hydrogens (tertiary/aromatic N) is 4. The predicted octanol–water partition coefficient (Wildman–Crippen LogP) is 5.23. The smallest absolute Gasteiger partial charge is 0.411 e. The molecule has 254 valence electrons. The summed E-state index contributed by atoms with van der Waals surface area (Å²) in [5.74, 6) is 0.464. The first-order valence-corrected chi connectivity index (χ1v) is 16.7. The number of nitrogens with one attached hydrogen (secondary N) is 2. The normalized spacial score (nSPS) is 13.4. The van der Waals surface area contributed by atoms with Gasteiger partial charge < -0.3 is 28.6 Å². The fraction of sp³-hybridized carbons (Fsp3) is 0.333. The molecule has 15 heteroatoms. The first-order valence-electron chi connectivity index (χ1n) is 15.2. The molecule has 0 unspecified atom stereocenters. The Morgan fingerprint density at radius 3 is 2.40 bits per heavy atom. The van der Waals surface area contributed by atoms with Gasteiger partial charge >= 0.3 is 6.09 Å². The van der Waals surface area contributed by atoms with Crippen LogP contribution in [0, 0.1) is 0 Å². The number of aromatic nitrogens is 3. The zero-order valence-electron chi connectivity index (χ0n) is 27.1. The van der Waals surface area contributed by atoms with Crippen LogP contribution in [0.1, 0.15) is 26.3 Å². The second-order valence-electron chi connectivity index (χ2n) is 11.6. The van der Waals surface area contributed by atoms with E-state index in [0.717, 1.165) is 0 Å². The van der Waals surface area contributed by atoms with E-state index in [-0.39, 0.29) is 47.3 Å². The van der Waals surface area contributed by atoms with Gasteiger partial charge in [0.05, 0.1) is 37.1 Å². The van der Waals surface area contributed by atoms with Gasteiger partial charge in [-0.05, 0) is 41.3 Å². The van der Waals surface area contributed by atoms with E-state index in [2.05, 4.69) is 25.0 Å². The van der Waals surface area contributed by atoms with Crippen LogP contribution in [0.3, 0.4) is 0 Å². The molecule has 0 radical (unpaired) electrons. The quantitative estimate of drug-likeness (QED) is 0.188. The molecule has 0 aliphatic carbocycles. The van der Waals surface area contributed by atoms with E-state index in [1.54, 1.807) is 66.9 Å². The maximum Gasteiger partial charge on any atom is 0.411 e. The van der Waals surface area contributed by atoms with Gasteiger partial charge in [-0.3, -0.25) is 15.0 Å². The van der Waals surface area contributed by atoms with Gasteiger partial charge in [0.25, 0.3) is 15.9 Å². The molecule has 2 aromatic carbocycles. The average Bonchev–Trinajstić information content (AvgIpc) is 3.08. The number of rotatable bonds is 12. The van der Waals surface area contributed by atoms with Crippen LogP contribution < -0.4 is 29.1 Å². The number of morpholine rings is 1. The van der Waals surface area contributed by atoms with E-state index in [9.17, 15) is 13.2 Å². The number of carbonyl (C=O) groups is 1. The predicted molar refractivity (Wildman–Crippen MR) is 179 cm³/mol. The van der Waals surface area contributed by atoms with Crippen LogP contribution >= 0.6 is 0 Å². The number of benzene rings is 2. The summed E-state index contributed by atoms with van der Waals surface area (Å²) >= 11 is 0. The molecule has 1 saturated heterocycles. The Hall–Kier alpha value is -5.15. The second-order valence-corrected chi connectivity index (χ2v) is 13.2. The van der Waals surface area contributed by atoms with Gasteiger partial charge in [0.1, 0.15) is 13.2 Å². The lowest BCUT2D eigenvalue weighted by Gasteiger charge is -2.28. The van der Waals surface area contributed by atoms with Gasteiger partial charge in [0.2, 0.25) is 11.7 Å². The Labute approximate surface area is 279 Å². The Bertz CT molecular complexity index is 1810. The van der Waals surface area contributed by atoms with Crippen molar-refractivity contribution in [2.75, 3.05) is 61.6 Å². The zero-order valence-corrected chi connectivity index (χ0v) is 28.0. The van der Waals surface area contributed by atoms with Crippen LogP contribution in [0.5, 0.6) is 23.1 Å². The standard InChI is InChI=1S/C33H38N6O8S/c1-33(2,3)24-11-5-8-14-27(24)48(41,42)38-29-28(47-26-13-7-6-12-25(26)43-4)30(37-31(36-29)39-16-18-44-19-17-39)45-20-21-46-32(40)35-23-10-9-15-34-22-23/h5-15,22H,16-21H2,1-4H3,(H,35,40)(H,36,37,38). The number of carbonyl (C=O) groups excluding carboxylic acids is 1. The van der Waals surface area contributed by atoms with Gasteiger partial charge in [0, 0.05) is 19.3 Å². The van der Waals surface area contributed by atoms with E-state index < -0.39 is 21.5 Å². The van der Waals surface area contributed by atoms with Gasteiger partial charge in [-0.25, -0.2) is 13.2 Å². The van der Waals surface area contributed by atoms with Crippen molar-refractivity contribution in [3.63, 3.8) is 0 Å². The number of para-hydroxylation sites is 2. The van der Waals surface area contributed by atoms with Crippen LogP contribution in [-0.2, 0) is 24.9 Å². The van der Waals surface area contributed by atoms with Crippen LogP contribution in [0.25, 0.3) is 0 Å². The minimum absolute atomic E-state index is 0.0859. The molecule has 48 heavy (non-hydrogen) atoms. The number of hydrogen-bond donors (Lipinski definition) is 2. The number of ether oxygens (including phenoxy) is 5. The van der Waals surface area contributed by atoms with Crippen LogP contribution in [0.15, 0.2) is 78.0 Å². The minimum atomic E-state index is -4.22. The molecule has 0 saturated carbocycles. The highest BCUT2D eigenvalue weighted by Crippen LogP contribution is 2.42. The summed E-state index contributed by atoms with van der Waals surface area (Å²) in [7, 11) is -2.74. The molecule has 3 heterocycles. The molecule has 2 aromatic heterocycles. The summed E-state index contributed by atoms with van der Waals surface area (Å²) in [5.41, 5.74) is 0.599. The SMILES string of the molecule is COc1ccccc1Oc1c(NS(=O)(=O)c2ccccc2C(C)(C)C)nc(N2CCOCC2)nc1OCCOC(=O)Nc1cccnc1. The summed E-state index contributed by atoms with van der Waals surface area (Å²) in [6.07, 6.45) is 2.36. The fourth-order valence-electron chi connectivity index (χ4n) is 4.76. The van der Waals surface area contributed by atoms with Crippen LogP contribution in [-0.4, -0.2) is 76.1 Å². The molecule has 1 aliphatic heterocycles. The molecular weight excluding hydrogens is 640 g/mol. The van der Waals surface area contributed by atoms with Crippen molar-refractivity contribution in [3.05, 3.63) is 78.6 Å². The Morgan fingerprint density at radius 1 is 0.958 bits per heavy atom. The number of amides is 1. The minimum Gasteiger partial charge on any atom is -0.493 e. The maximum atomic E-state index is 14.1. The Balaban J connectivity index is 1.52. The van der Waals surface area contributed by atoms with Crippen molar-refractivity contribution in [3.8, 4) is 23.1 Å². The second kappa shape index (κ2) is 15.2. The number of methoxy groups -OCH3 is 1. The molecule has 1 amide bonds. The first-order chi connectivity index (χ1) is 23.0. The van der Waals surface area contributed by atoms with Crippen molar-refractivity contribution in [1.29, 1.82) is 0 Å². The summed E-state index contributed by atoms with van der Waals surface area (Å²) in [6, 6.07) is 17.0. The lowest BCUT2D eigenvalue weighted by atomic mass is 9.87. The van der Waals surface area contributed by atoms with Crippen molar-refractivity contribution < 1.29 is 36.9 Å². The van der Waals surface area contributed by atoms with E-state index >= 15 is 0 Å². The lowest BCUT2D eigenvalue weighted by molar-refractivity contribution is 0.121. The number of anilines is 3. The first kappa shape index (κ1) is 34.2. The molecule has 14 nitrogen and oxygen atoms in total. The monoisotopic (exact) mass is 678 g/mol. The van der Waals surface area contributed by atoms with Crippen LogP contribution in [0.2, 0.25) is 0 Å². The van der Waals surface area contributed by atoms with Crippen molar-refractivity contribution in [2.45, 2.75) is 31.1 Å². The van der Waals surface area contributed by atoms with Gasteiger partial charge in [-0.1, -0.05) is 51.1 Å². The average molecular weight is 679 g/mol. The van der Waals surface area contributed by atoms with Crippen LogP contribution in [0.4, 0.5) is 22.2 Å². The van der Waals surface area contributed by atoms with E-state index in [1.807, 2.05) is 25.7 Å². The van der Waals surface area contributed by atoms with E-state index in [0.29, 0.717) is 43.3 Å². The number of pyridine rings is 1. The zero-order chi connectivity index (χ0) is 34.1. The highest BCUT2D eigenvalue weighted by atomic mass is 32.2. The molecular formula is C33H38N6O8S. The molecule has 0 spiro atoms. The Morgan fingerprint density at radius 2 is 1.69 bits per heavy atom. The highest BCUT2D eigenvalue weighted by molar-refractivity contribution is 7.92. The third-order valence-electron chi connectivity index (χ3n) is 7.08. The summed E-state index contributed by atoms with van der Waals surface area (Å²) in [4.78, 5) is 27.5. The van der Waals surface area contributed by atoms with Gasteiger partial charge in [-0.15, -0.1) is 0 Å². The van der Waals surface area contributed by atoms with Gasteiger partial charge in [0.15, 0.2) is 17.3 Å². The molecule has 4 aromatic rings. The van der Waals surface area contributed by atoms with Crippen molar-refractivity contribution in [1.82, 2.24) is 15.0 Å². The molecule has 1 aliphatic rings. The Kier molecular flexibility index (Phi) is 10.8. The van der Waals surface area contributed by atoms with E-state index in [1.165, 1.54) is 13.3 Å². The molecule has 1 fully saturated rings. The fourth-order valence-corrected chi connectivity index (χ4v) is 6.19. The third kappa shape index (κ3) is 8.60. The number of hydrogen-bond acceptors (Lipinski definition) is 12. The largest absolute Gasteiger partial charge is 0.493 e. The lowest BCUT2D eigenvalue weighted by Crippen LogP contribution is -2.37. The summed E-state index contributed by atoms with van der Waals surface area (Å²) < 4.78 is 59.4. The molecule has 5 rings (SSSR count).